The number of hydrogen-bond acceptors (Lipinski definition) is 6. The maximum absolute atomic E-state index is 12.1. The van der Waals surface area contributed by atoms with Crippen molar-refractivity contribution in [2.24, 2.45) is 5.92 Å². The van der Waals surface area contributed by atoms with Gasteiger partial charge in [-0.25, -0.2) is 0 Å². The number of benzene rings is 1. The molecule has 0 spiro atoms. The molecule has 1 fully saturated rings. The van der Waals surface area contributed by atoms with Gasteiger partial charge in [0.1, 0.15) is 5.75 Å². The molecule has 1 heterocycles. The predicted molar refractivity (Wildman–Crippen MR) is 91.8 cm³/mol. The van der Waals surface area contributed by atoms with Gasteiger partial charge in [0.2, 0.25) is 5.91 Å². The normalized spacial score (nSPS) is 15.8. The van der Waals surface area contributed by atoms with E-state index in [1.807, 2.05) is 11.8 Å². The second-order valence-corrected chi connectivity index (χ2v) is 5.81. The highest BCUT2D eigenvalue weighted by Crippen LogP contribution is 2.24. The van der Waals surface area contributed by atoms with Crippen LogP contribution in [0.3, 0.4) is 0 Å². The minimum atomic E-state index is -0.129. The zero-order valence-electron chi connectivity index (χ0n) is 14.2. The molecule has 1 aliphatic rings. The molecular formula is C17H25N3O4. The third-order valence-electron chi connectivity index (χ3n) is 4.09. The molecule has 7 heteroatoms. The van der Waals surface area contributed by atoms with Crippen molar-refractivity contribution in [2.75, 3.05) is 44.4 Å². The number of likely N-dealkylation sites (tertiary alicyclic amines) is 1. The quantitative estimate of drug-likeness (QED) is 0.604. The maximum atomic E-state index is 12.1. The number of nitrogens with one attached hydrogen (secondary N) is 1. The second-order valence-electron chi connectivity index (χ2n) is 5.81. The largest absolute Gasteiger partial charge is 0.495 e. The minimum Gasteiger partial charge on any atom is -0.495 e. The molecule has 0 aromatic heterocycles. The van der Waals surface area contributed by atoms with Crippen LogP contribution in [0.15, 0.2) is 18.2 Å². The summed E-state index contributed by atoms with van der Waals surface area (Å²) in [7, 11) is 1.55. The second kappa shape index (κ2) is 8.54. The van der Waals surface area contributed by atoms with Gasteiger partial charge in [-0.15, -0.1) is 0 Å². The zero-order chi connectivity index (χ0) is 17.5. The van der Waals surface area contributed by atoms with Gasteiger partial charge in [0.05, 0.1) is 31.9 Å². The molecule has 7 nitrogen and oxygen atoms in total. The van der Waals surface area contributed by atoms with Crippen molar-refractivity contribution in [2.45, 2.75) is 19.8 Å². The van der Waals surface area contributed by atoms with Gasteiger partial charge in [-0.05, 0) is 51.1 Å². The van der Waals surface area contributed by atoms with Crippen molar-refractivity contribution < 1.29 is 19.1 Å². The molecule has 0 aliphatic carbocycles. The third kappa shape index (κ3) is 4.86. The summed E-state index contributed by atoms with van der Waals surface area (Å²) in [5.41, 5.74) is 6.95. The number of carbonyl (C=O) groups is 2. The summed E-state index contributed by atoms with van der Waals surface area (Å²) in [5.74, 6) is 0.296. The molecule has 1 aliphatic heterocycles. The van der Waals surface area contributed by atoms with E-state index in [1.165, 1.54) is 0 Å². The first-order chi connectivity index (χ1) is 11.5. The van der Waals surface area contributed by atoms with E-state index in [9.17, 15) is 9.59 Å². The lowest BCUT2D eigenvalue weighted by atomic mass is 9.97. The average molecular weight is 335 g/mol. The molecule has 1 aromatic rings. The highest BCUT2D eigenvalue weighted by Gasteiger charge is 2.26. The number of carbonyl (C=O) groups excluding carboxylic acids is 2. The van der Waals surface area contributed by atoms with Crippen molar-refractivity contribution in [1.82, 2.24) is 4.90 Å². The van der Waals surface area contributed by atoms with Gasteiger partial charge in [-0.1, -0.05) is 0 Å². The summed E-state index contributed by atoms with van der Waals surface area (Å²) < 4.78 is 10.1. The van der Waals surface area contributed by atoms with Gasteiger partial charge in [0.15, 0.2) is 0 Å². The van der Waals surface area contributed by atoms with Crippen LogP contribution in [0.5, 0.6) is 5.75 Å². The first-order valence-corrected chi connectivity index (χ1v) is 8.15. The lowest BCUT2D eigenvalue weighted by molar-refractivity contribution is -0.149. The van der Waals surface area contributed by atoms with Gasteiger partial charge in [-0.2, -0.15) is 0 Å². The van der Waals surface area contributed by atoms with Crippen molar-refractivity contribution in [1.29, 1.82) is 0 Å². The summed E-state index contributed by atoms with van der Waals surface area (Å²) in [6.07, 6.45) is 1.45. The lowest BCUT2D eigenvalue weighted by Gasteiger charge is -2.30. The molecule has 0 saturated carbocycles. The van der Waals surface area contributed by atoms with E-state index < -0.39 is 0 Å². The molecule has 1 amide bonds. The molecule has 0 radical (unpaired) electrons. The number of nitrogen functional groups attached to an aromatic ring is 1. The number of methoxy groups -OCH3 is 1. The number of nitrogens with zero attached hydrogens (tertiary/aromatic N) is 1. The van der Waals surface area contributed by atoms with Crippen LogP contribution in [0.2, 0.25) is 0 Å². The van der Waals surface area contributed by atoms with Crippen molar-refractivity contribution >= 4 is 23.3 Å². The first kappa shape index (κ1) is 18.1. The Balaban J connectivity index is 1.79. The third-order valence-corrected chi connectivity index (χ3v) is 4.09. The van der Waals surface area contributed by atoms with Crippen molar-refractivity contribution in [3.8, 4) is 5.75 Å². The average Bonchev–Trinajstić information content (AvgIpc) is 2.56. The summed E-state index contributed by atoms with van der Waals surface area (Å²) in [6, 6.07) is 5.14. The fraction of sp³-hybridized carbons (Fsp3) is 0.529. The fourth-order valence-corrected chi connectivity index (χ4v) is 2.80. The molecule has 2 rings (SSSR count). The fourth-order valence-electron chi connectivity index (χ4n) is 2.80. The number of hydrogen-bond donors (Lipinski definition) is 2. The summed E-state index contributed by atoms with van der Waals surface area (Å²) >= 11 is 0. The van der Waals surface area contributed by atoms with E-state index in [0.717, 1.165) is 12.8 Å². The predicted octanol–water partition coefficient (Wildman–Crippen LogP) is 1.49. The molecule has 1 aromatic carbocycles. The Bertz CT molecular complexity index is 583. The highest BCUT2D eigenvalue weighted by molar-refractivity contribution is 5.93. The molecule has 24 heavy (non-hydrogen) atoms. The number of nitrogens with two attached hydrogens (primary N) is 1. The molecule has 0 atom stereocenters. The topological polar surface area (TPSA) is 93.9 Å². The van der Waals surface area contributed by atoms with Crippen LogP contribution in [0.25, 0.3) is 0 Å². The standard InChI is InChI=1S/C17H25N3O4/c1-3-24-17(22)12-6-8-20(9-7-12)11-16(21)19-13-4-5-15(23-2)14(18)10-13/h4-5,10,12H,3,6-9,11,18H2,1-2H3,(H,19,21). The van der Waals surface area contributed by atoms with Crippen LogP contribution >= 0.6 is 0 Å². The van der Waals surface area contributed by atoms with Crippen LogP contribution in [0, 0.1) is 5.92 Å². The minimum absolute atomic E-state index is 0.0503. The summed E-state index contributed by atoms with van der Waals surface area (Å²) in [4.78, 5) is 25.9. The number of ether oxygens (including phenoxy) is 2. The zero-order valence-corrected chi connectivity index (χ0v) is 14.2. The van der Waals surface area contributed by atoms with Crippen LogP contribution in [-0.2, 0) is 14.3 Å². The van der Waals surface area contributed by atoms with E-state index in [4.69, 9.17) is 15.2 Å². The summed E-state index contributed by atoms with van der Waals surface area (Å²) in [5, 5.41) is 2.83. The van der Waals surface area contributed by atoms with E-state index in [0.29, 0.717) is 43.4 Å². The van der Waals surface area contributed by atoms with Crippen molar-refractivity contribution in [3.63, 3.8) is 0 Å². The van der Waals surface area contributed by atoms with E-state index in [2.05, 4.69) is 5.32 Å². The van der Waals surface area contributed by atoms with Gasteiger partial charge in [-0.3, -0.25) is 14.5 Å². The molecule has 0 unspecified atom stereocenters. The van der Waals surface area contributed by atoms with Gasteiger partial charge in [0.25, 0.3) is 0 Å². The Morgan fingerprint density at radius 1 is 1.33 bits per heavy atom. The SMILES string of the molecule is CCOC(=O)C1CCN(CC(=O)Nc2ccc(OC)c(N)c2)CC1. The number of rotatable bonds is 6. The Kier molecular flexibility index (Phi) is 6.43. The van der Waals surface area contributed by atoms with Gasteiger partial charge in [0, 0.05) is 5.69 Å². The van der Waals surface area contributed by atoms with Crippen LogP contribution in [0.4, 0.5) is 11.4 Å². The molecular weight excluding hydrogens is 310 g/mol. The van der Waals surface area contributed by atoms with Crippen LogP contribution in [-0.4, -0.2) is 50.1 Å². The first-order valence-electron chi connectivity index (χ1n) is 8.15. The van der Waals surface area contributed by atoms with Crippen LogP contribution in [0.1, 0.15) is 19.8 Å². The Morgan fingerprint density at radius 2 is 2.04 bits per heavy atom. The van der Waals surface area contributed by atoms with E-state index in [-0.39, 0.29) is 17.8 Å². The molecule has 3 N–H and O–H groups in total. The Hall–Kier alpha value is -2.28. The molecule has 0 bridgehead atoms. The lowest BCUT2D eigenvalue weighted by Crippen LogP contribution is -2.41. The van der Waals surface area contributed by atoms with Crippen molar-refractivity contribution in [3.05, 3.63) is 18.2 Å². The molecule has 1 saturated heterocycles. The van der Waals surface area contributed by atoms with E-state index in [1.54, 1.807) is 25.3 Å². The van der Waals surface area contributed by atoms with Gasteiger partial charge >= 0.3 is 5.97 Å². The number of esters is 1. The van der Waals surface area contributed by atoms with E-state index >= 15 is 0 Å². The molecule has 132 valence electrons. The Labute approximate surface area is 142 Å². The smallest absolute Gasteiger partial charge is 0.309 e. The highest BCUT2D eigenvalue weighted by atomic mass is 16.5. The van der Waals surface area contributed by atoms with Gasteiger partial charge < -0.3 is 20.5 Å². The number of piperidine rings is 1. The number of amides is 1. The monoisotopic (exact) mass is 335 g/mol. The Morgan fingerprint density at radius 3 is 2.62 bits per heavy atom. The van der Waals surface area contributed by atoms with Crippen LogP contribution < -0.4 is 15.8 Å². The summed E-state index contributed by atoms with van der Waals surface area (Å²) in [6.45, 7) is 3.93. The maximum Gasteiger partial charge on any atom is 0.309 e. The number of anilines is 2.